The van der Waals surface area contributed by atoms with Crippen molar-refractivity contribution in [3.8, 4) is 0 Å². The number of aryl methyl sites for hydroxylation is 1. The van der Waals surface area contributed by atoms with Gasteiger partial charge in [0.15, 0.2) is 0 Å². The molecule has 1 aliphatic heterocycles. The number of nitrogens with zero attached hydrogens (tertiary/aromatic N) is 4. The first kappa shape index (κ1) is 39.9. The summed E-state index contributed by atoms with van der Waals surface area (Å²) in [6.07, 6.45) is 1.58. The molecule has 0 atom stereocenters. The monoisotopic (exact) mass is 728 g/mol. The zero-order valence-electron chi connectivity index (χ0n) is 33.4. The number of carbonyl (C=O) groups is 3. The molecule has 4 aromatic carbocycles. The number of rotatable bonds is 5. The third-order valence-corrected chi connectivity index (χ3v) is 9.40. The molecule has 0 aromatic heterocycles. The smallest absolute Gasteiger partial charge is 0.410 e. The van der Waals surface area contributed by atoms with Gasteiger partial charge < -0.3 is 28.9 Å². The zero-order chi connectivity index (χ0) is 38.6. The lowest BCUT2D eigenvalue weighted by Crippen LogP contribution is -2.51. The summed E-state index contributed by atoms with van der Waals surface area (Å²) in [5.41, 5.74) is -0.669. The molecule has 1 fully saturated rings. The molecule has 288 valence electrons. The van der Waals surface area contributed by atoms with Crippen LogP contribution in [0.3, 0.4) is 0 Å². The van der Waals surface area contributed by atoms with Gasteiger partial charge in [-0.15, -0.1) is 0 Å². The molecule has 0 spiro atoms. The quantitative estimate of drug-likeness (QED) is 0.115. The summed E-state index contributed by atoms with van der Waals surface area (Å²) < 4.78 is 17.3. The first-order valence-corrected chi connectivity index (χ1v) is 19.2. The topological polar surface area (TPSA) is 91.9 Å². The van der Waals surface area contributed by atoms with Gasteiger partial charge in [0.05, 0.1) is 0 Å². The zero-order valence-corrected chi connectivity index (χ0v) is 33.4. The summed E-state index contributed by atoms with van der Waals surface area (Å²) >= 11 is 0. The summed E-state index contributed by atoms with van der Waals surface area (Å²) in [5.74, 6) is 0. The normalized spacial score (nSPS) is 16.1. The van der Waals surface area contributed by atoms with Crippen LogP contribution < -0.4 is 0 Å². The van der Waals surface area contributed by atoms with E-state index in [0.29, 0.717) is 26.2 Å². The van der Waals surface area contributed by atoms with Crippen molar-refractivity contribution in [2.24, 2.45) is 0 Å². The lowest BCUT2D eigenvalue weighted by molar-refractivity contribution is 0.00468. The van der Waals surface area contributed by atoms with Crippen molar-refractivity contribution in [2.75, 3.05) is 58.9 Å². The van der Waals surface area contributed by atoms with E-state index in [9.17, 15) is 14.4 Å². The molecule has 0 N–H and O–H groups in total. The van der Waals surface area contributed by atoms with Gasteiger partial charge in [-0.1, -0.05) is 54.6 Å². The molecular formula is C43H60N4O6. The maximum atomic E-state index is 13.4. The Balaban J connectivity index is 1.32. The van der Waals surface area contributed by atoms with Gasteiger partial charge >= 0.3 is 18.3 Å². The minimum absolute atomic E-state index is 0.232. The number of ether oxygens (including phenoxy) is 3. The molecule has 5 rings (SSSR count). The number of unbranched alkanes of at least 4 members (excludes halogenated alkanes) is 1. The predicted octanol–water partition coefficient (Wildman–Crippen LogP) is 8.93. The summed E-state index contributed by atoms with van der Waals surface area (Å²) in [5, 5.41) is 7.81. The first-order valence-electron chi connectivity index (χ1n) is 19.2. The van der Waals surface area contributed by atoms with Crippen LogP contribution >= 0.6 is 0 Å². The molecule has 1 saturated heterocycles. The van der Waals surface area contributed by atoms with Crippen LogP contribution in [0.2, 0.25) is 0 Å². The molecule has 10 nitrogen and oxygen atoms in total. The second-order valence-electron chi connectivity index (χ2n) is 17.3. The van der Waals surface area contributed by atoms with Crippen LogP contribution in [0, 0.1) is 0 Å². The van der Waals surface area contributed by atoms with Gasteiger partial charge in [-0.25, -0.2) is 14.4 Å². The van der Waals surface area contributed by atoms with Crippen LogP contribution in [0.15, 0.2) is 54.6 Å². The van der Waals surface area contributed by atoms with E-state index in [0.717, 1.165) is 25.8 Å². The number of amides is 3. The Kier molecular flexibility index (Phi) is 12.3. The van der Waals surface area contributed by atoms with Crippen molar-refractivity contribution in [3.05, 3.63) is 60.2 Å². The summed E-state index contributed by atoms with van der Waals surface area (Å²) in [6, 6.07) is 20.0. The highest BCUT2D eigenvalue weighted by Gasteiger charge is 2.29. The van der Waals surface area contributed by atoms with Crippen molar-refractivity contribution in [3.63, 3.8) is 0 Å². The van der Waals surface area contributed by atoms with Crippen molar-refractivity contribution in [1.29, 1.82) is 0 Å². The molecule has 10 heteroatoms. The standard InChI is InChI=1S/C43H60N4O6/c1-41(2,3)51-38(48)45-25-23-44(24-26-46(39(49)52-42(4,5)6)28-30-47(29-27-45)40(50)53-43(7,8)9)22-11-10-13-31-16-17-34-19-18-32-14-12-15-33-20-21-35(31)37(34)36(32)33/h12,14-21H,10-11,13,22-30H2,1-9H3. The highest BCUT2D eigenvalue weighted by Crippen LogP contribution is 2.36. The van der Waals surface area contributed by atoms with Gasteiger partial charge in [-0.2, -0.15) is 0 Å². The number of carbonyl (C=O) groups excluding carboxylic acids is 3. The van der Waals surface area contributed by atoms with E-state index >= 15 is 0 Å². The van der Waals surface area contributed by atoms with Crippen LogP contribution in [-0.4, -0.2) is 114 Å². The molecule has 3 amide bonds. The first-order chi connectivity index (χ1) is 24.9. The Morgan fingerprint density at radius 3 is 1.36 bits per heavy atom. The fourth-order valence-corrected chi connectivity index (χ4v) is 6.87. The summed E-state index contributed by atoms with van der Waals surface area (Å²) in [7, 11) is 0. The molecule has 0 radical (unpaired) electrons. The Bertz CT molecular complexity index is 1810. The van der Waals surface area contributed by atoms with E-state index in [1.54, 1.807) is 14.7 Å². The van der Waals surface area contributed by atoms with Crippen LogP contribution in [0.5, 0.6) is 0 Å². The number of hydrogen-bond acceptors (Lipinski definition) is 7. The molecule has 0 aliphatic carbocycles. The second-order valence-corrected chi connectivity index (χ2v) is 17.3. The predicted molar refractivity (Wildman–Crippen MR) is 213 cm³/mol. The van der Waals surface area contributed by atoms with Gasteiger partial charge in [0, 0.05) is 52.4 Å². The molecule has 53 heavy (non-hydrogen) atoms. The molecule has 0 unspecified atom stereocenters. The van der Waals surface area contributed by atoms with Crippen LogP contribution in [-0.2, 0) is 20.6 Å². The van der Waals surface area contributed by atoms with Crippen LogP contribution in [0.25, 0.3) is 32.3 Å². The van der Waals surface area contributed by atoms with Crippen LogP contribution in [0.1, 0.15) is 80.7 Å². The average Bonchev–Trinajstić information content (AvgIpc) is 3.04. The van der Waals surface area contributed by atoms with E-state index < -0.39 is 35.1 Å². The van der Waals surface area contributed by atoms with Gasteiger partial charge in [0.1, 0.15) is 16.8 Å². The van der Waals surface area contributed by atoms with Gasteiger partial charge in [-0.05, 0) is 126 Å². The molecule has 1 aliphatic rings. The lowest BCUT2D eigenvalue weighted by Gasteiger charge is -2.35. The maximum Gasteiger partial charge on any atom is 0.410 e. The average molecular weight is 729 g/mol. The fraction of sp³-hybridized carbons (Fsp3) is 0.558. The minimum atomic E-state index is -0.697. The van der Waals surface area contributed by atoms with Crippen LogP contribution in [0.4, 0.5) is 14.4 Å². The van der Waals surface area contributed by atoms with E-state index in [4.69, 9.17) is 14.2 Å². The Hall–Kier alpha value is -4.31. The summed E-state index contributed by atoms with van der Waals surface area (Å²) in [4.78, 5) is 47.5. The minimum Gasteiger partial charge on any atom is -0.444 e. The number of benzene rings is 4. The maximum absolute atomic E-state index is 13.4. The Labute approximate surface area is 315 Å². The molecule has 0 saturated carbocycles. The van der Waals surface area contributed by atoms with Crippen molar-refractivity contribution in [1.82, 2.24) is 19.6 Å². The largest absolute Gasteiger partial charge is 0.444 e. The van der Waals surface area contributed by atoms with E-state index in [1.165, 1.54) is 37.9 Å². The second kappa shape index (κ2) is 16.4. The van der Waals surface area contributed by atoms with Gasteiger partial charge in [0.2, 0.25) is 0 Å². The highest BCUT2D eigenvalue weighted by molar-refractivity contribution is 6.23. The van der Waals surface area contributed by atoms with Crippen molar-refractivity contribution < 1.29 is 28.6 Å². The lowest BCUT2D eigenvalue weighted by atomic mass is 9.90. The van der Waals surface area contributed by atoms with E-state index in [1.807, 2.05) is 62.3 Å². The van der Waals surface area contributed by atoms with Crippen molar-refractivity contribution >= 4 is 50.6 Å². The van der Waals surface area contributed by atoms with Crippen molar-refractivity contribution in [2.45, 2.75) is 98.4 Å². The van der Waals surface area contributed by atoms with E-state index in [2.05, 4.69) is 59.5 Å². The van der Waals surface area contributed by atoms with Gasteiger partial charge in [-0.3, -0.25) is 4.90 Å². The molecular weight excluding hydrogens is 668 g/mol. The third kappa shape index (κ3) is 11.1. The highest BCUT2D eigenvalue weighted by atomic mass is 16.6. The third-order valence-electron chi connectivity index (χ3n) is 9.40. The van der Waals surface area contributed by atoms with E-state index in [-0.39, 0.29) is 26.2 Å². The SMILES string of the molecule is CC(C)(C)OC(=O)N1CCN(CCCCc2ccc3ccc4cccc5ccc2c3c45)CCN(C(=O)OC(C)(C)C)CCN(C(=O)OC(C)(C)C)CC1. The van der Waals surface area contributed by atoms with Gasteiger partial charge in [0.25, 0.3) is 0 Å². The molecule has 4 aromatic rings. The number of hydrogen-bond donors (Lipinski definition) is 0. The molecule has 1 heterocycles. The Morgan fingerprint density at radius 1 is 0.509 bits per heavy atom. The summed E-state index contributed by atoms with van der Waals surface area (Å²) in [6.45, 7) is 20.4. The Morgan fingerprint density at radius 2 is 0.906 bits per heavy atom. The molecule has 0 bridgehead atoms. The fourth-order valence-electron chi connectivity index (χ4n) is 6.87.